The Balaban J connectivity index is 2.15. The van der Waals surface area contributed by atoms with E-state index in [-0.39, 0.29) is 5.84 Å². The van der Waals surface area contributed by atoms with E-state index < -0.39 is 0 Å². The van der Waals surface area contributed by atoms with Gasteiger partial charge in [0.2, 0.25) is 0 Å². The van der Waals surface area contributed by atoms with Crippen LogP contribution in [0.3, 0.4) is 0 Å². The second kappa shape index (κ2) is 7.28. The van der Waals surface area contributed by atoms with E-state index in [0.29, 0.717) is 17.4 Å². The highest BCUT2D eigenvalue weighted by Crippen LogP contribution is 2.29. The minimum Gasteiger partial charge on any atom is -0.496 e. The number of nitrogens with two attached hydrogens (primary N) is 1. The molecule has 0 unspecified atom stereocenters. The molecule has 0 aromatic heterocycles. The average Bonchev–Trinajstić information content (AvgIpc) is 3.35. The molecule has 3 N–H and O–H groups in total. The molecule has 1 aliphatic rings. The number of rotatable bonds is 8. The zero-order valence-corrected chi connectivity index (χ0v) is 12.6. The molecule has 1 aromatic rings. The summed E-state index contributed by atoms with van der Waals surface area (Å²) in [6.45, 7) is 2.45. The second-order valence-corrected chi connectivity index (χ2v) is 5.21. The van der Waals surface area contributed by atoms with Crippen molar-refractivity contribution >= 4 is 5.84 Å². The number of methoxy groups -OCH3 is 2. The van der Waals surface area contributed by atoms with Gasteiger partial charge < -0.3 is 20.4 Å². The molecule has 1 aliphatic carbocycles. The third kappa shape index (κ3) is 4.09. The zero-order valence-electron chi connectivity index (χ0n) is 12.6. The number of hydrogen-bond acceptors (Lipinski definition) is 5. The average molecular weight is 293 g/mol. The molecule has 0 aliphatic heterocycles. The lowest BCUT2D eigenvalue weighted by Gasteiger charge is -2.22. The van der Waals surface area contributed by atoms with Crippen molar-refractivity contribution in [3.8, 4) is 5.75 Å². The summed E-state index contributed by atoms with van der Waals surface area (Å²) in [5.74, 6) is 0.660. The molecule has 1 fully saturated rings. The van der Waals surface area contributed by atoms with Crippen LogP contribution in [0.25, 0.3) is 0 Å². The molecule has 6 heteroatoms. The highest BCUT2D eigenvalue weighted by molar-refractivity contribution is 5.99. The monoisotopic (exact) mass is 293 g/mol. The standard InChI is InChI=1S/C15H23N3O3/c1-20-8-7-18(12-4-5-12)10-11-3-6-14(21-2)13(9-11)15(16)17-19/h3,6,9,12,19H,4-5,7-8,10H2,1-2H3,(H2,16,17). The first-order valence-corrected chi connectivity index (χ1v) is 7.07. The van der Waals surface area contributed by atoms with Gasteiger partial charge in [0.05, 0.1) is 19.3 Å². The van der Waals surface area contributed by atoms with Gasteiger partial charge in [-0.05, 0) is 30.5 Å². The van der Waals surface area contributed by atoms with Gasteiger partial charge in [-0.25, -0.2) is 0 Å². The van der Waals surface area contributed by atoms with E-state index in [0.717, 1.165) is 25.3 Å². The van der Waals surface area contributed by atoms with Crippen LogP contribution in [0.4, 0.5) is 0 Å². The highest BCUT2D eigenvalue weighted by Gasteiger charge is 2.28. The predicted molar refractivity (Wildman–Crippen MR) is 80.8 cm³/mol. The lowest BCUT2D eigenvalue weighted by Crippen LogP contribution is -2.29. The maximum absolute atomic E-state index is 8.88. The minimum atomic E-state index is 0.0589. The number of hydrogen-bond donors (Lipinski definition) is 2. The second-order valence-electron chi connectivity index (χ2n) is 5.21. The Hall–Kier alpha value is -1.79. The predicted octanol–water partition coefficient (Wildman–Crippen LogP) is 1.40. The quantitative estimate of drug-likeness (QED) is 0.328. The lowest BCUT2D eigenvalue weighted by molar-refractivity contribution is 0.139. The Morgan fingerprint density at radius 2 is 2.19 bits per heavy atom. The van der Waals surface area contributed by atoms with E-state index in [1.54, 1.807) is 14.2 Å². The van der Waals surface area contributed by atoms with Crippen LogP contribution in [0.2, 0.25) is 0 Å². The van der Waals surface area contributed by atoms with E-state index >= 15 is 0 Å². The summed E-state index contributed by atoms with van der Waals surface area (Å²) in [7, 11) is 3.28. The molecule has 0 atom stereocenters. The van der Waals surface area contributed by atoms with Crippen molar-refractivity contribution in [3.63, 3.8) is 0 Å². The van der Waals surface area contributed by atoms with Crippen molar-refractivity contribution in [2.24, 2.45) is 10.9 Å². The molecule has 0 bridgehead atoms. The van der Waals surface area contributed by atoms with Gasteiger partial charge in [-0.1, -0.05) is 11.2 Å². The minimum absolute atomic E-state index is 0.0589. The SMILES string of the molecule is COCCN(Cc1ccc(OC)c(C(N)=NO)c1)C1CC1. The van der Waals surface area contributed by atoms with E-state index in [1.807, 2.05) is 18.2 Å². The molecule has 2 rings (SSSR count). The van der Waals surface area contributed by atoms with Crippen molar-refractivity contribution in [1.82, 2.24) is 4.90 Å². The molecule has 0 heterocycles. The first-order chi connectivity index (χ1) is 10.2. The van der Waals surface area contributed by atoms with Gasteiger partial charge in [0.1, 0.15) is 5.75 Å². The van der Waals surface area contributed by atoms with Gasteiger partial charge in [0.25, 0.3) is 0 Å². The van der Waals surface area contributed by atoms with Crippen LogP contribution in [0.1, 0.15) is 24.0 Å². The molecule has 21 heavy (non-hydrogen) atoms. The molecular weight excluding hydrogens is 270 g/mol. The van der Waals surface area contributed by atoms with Gasteiger partial charge in [-0.3, -0.25) is 4.90 Å². The first kappa shape index (κ1) is 15.6. The van der Waals surface area contributed by atoms with Gasteiger partial charge in [-0.2, -0.15) is 0 Å². The van der Waals surface area contributed by atoms with Crippen LogP contribution in [0.15, 0.2) is 23.4 Å². The molecule has 0 saturated heterocycles. The fraction of sp³-hybridized carbons (Fsp3) is 0.533. The molecule has 1 aromatic carbocycles. The summed E-state index contributed by atoms with van der Waals surface area (Å²) in [5.41, 5.74) is 7.43. The molecule has 0 spiro atoms. The van der Waals surface area contributed by atoms with E-state index in [2.05, 4.69) is 10.1 Å². The summed E-state index contributed by atoms with van der Waals surface area (Å²) in [4.78, 5) is 2.40. The lowest BCUT2D eigenvalue weighted by atomic mass is 10.1. The Morgan fingerprint density at radius 3 is 2.76 bits per heavy atom. The maximum Gasteiger partial charge on any atom is 0.173 e. The van der Waals surface area contributed by atoms with Crippen molar-refractivity contribution in [2.75, 3.05) is 27.4 Å². The van der Waals surface area contributed by atoms with Crippen molar-refractivity contribution < 1.29 is 14.7 Å². The van der Waals surface area contributed by atoms with Gasteiger partial charge in [0.15, 0.2) is 5.84 Å². The van der Waals surface area contributed by atoms with Crippen LogP contribution in [0, 0.1) is 0 Å². The normalized spacial score (nSPS) is 15.5. The van der Waals surface area contributed by atoms with Gasteiger partial charge in [0, 0.05) is 26.2 Å². The summed E-state index contributed by atoms with van der Waals surface area (Å²) >= 11 is 0. The third-order valence-electron chi connectivity index (χ3n) is 3.68. The summed E-state index contributed by atoms with van der Waals surface area (Å²) in [5, 5.41) is 11.9. The van der Waals surface area contributed by atoms with Crippen molar-refractivity contribution in [2.45, 2.75) is 25.4 Å². The first-order valence-electron chi connectivity index (χ1n) is 7.07. The Kier molecular flexibility index (Phi) is 5.41. The smallest absolute Gasteiger partial charge is 0.173 e. The fourth-order valence-electron chi connectivity index (χ4n) is 2.38. The van der Waals surface area contributed by atoms with Crippen LogP contribution < -0.4 is 10.5 Å². The summed E-state index contributed by atoms with van der Waals surface area (Å²) in [6.07, 6.45) is 2.49. The van der Waals surface area contributed by atoms with E-state index in [9.17, 15) is 0 Å². The Morgan fingerprint density at radius 1 is 1.43 bits per heavy atom. The number of oxime groups is 1. The van der Waals surface area contributed by atoms with Gasteiger partial charge >= 0.3 is 0 Å². The number of benzene rings is 1. The van der Waals surface area contributed by atoms with Crippen molar-refractivity contribution in [3.05, 3.63) is 29.3 Å². The Bertz CT molecular complexity index is 501. The molecule has 0 radical (unpaired) electrons. The largest absolute Gasteiger partial charge is 0.496 e. The van der Waals surface area contributed by atoms with E-state index in [1.165, 1.54) is 12.8 Å². The van der Waals surface area contributed by atoms with Gasteiger partial charge in [-0.15, -0.1) is 0 Å². The van der Waals surface area contributed by atoms with Crippen LogP contribution in [0.5, 0.6) is 5.75 Å². The topological polar surface area (TPSA) is 80.3 Å². The Labute approximate surface area is 125 Å². The van der Waals surface area contributed by atoms with Crippen LogP contribution in [-0.2, 0) is 11.3 Å². The van der Waals surface area contributed by atoms with Crippen LogP contribution in [-0.4, -0.2) is 49.4 Å². The highest BCUT2D eigenvalue weighted by atomic mass is 16.5. The van der Waals surface area contributed by atoms with Crippen LogP contribution >= 0.6 is 0 Å². The zero-order chi connectivity index (χ0) is 15.2. The number of amidine groups is 1. The van der Waals surface area contributed by atoms with Crippen molar-refractivity contribution in [1.29, 1.82) is 0 Å². The molecule has 6 nitrogen and oxygen atoms in total. The summed E-state index contributed by atoms with van der Waals surface area (Å²) in [6, 6.07) is 6.42. The number of ether oxygens (including phenoxy) is 2. The molecule has 116 valence electrons. The fourth-order valence-corrected chi connectivity index (χ4v) is 2.38. The third-order valence-corrected chi connectivity index (χ3v) is 3.68. The molecule has 0 amide bonds. The maximum atomic E-state index is 8.88. The molecular formula is C15H23N3O3. The molecule has 1 saturated carbocycles. The number of nitrogens with zero attached hydrogens (tertiary/aromatic N) is 2. The van der Waals surface area contributed by atoms with E-state index in [4.69, 9.17) is 20.4 Å². The summed E-state index contributed by atoms with van der Waals surface area (Å²) < 4.78 is 10.4.